The van der Waals surface area contributed by atoms with Crippen LogP contribution in [0.25, 0.3) is 0 Å². The van der Waals surface area contributed by atoms with Gasteiger partial charge in [-0.25, -0.2) is 4.98 Å². The van der Waals surface area contributed by atoms with E-state index in [-0.39, 0.29) is 18.3 Å². The van der Waals surface area contributed by atoms with Crippen molar-refractivity contribution in [2.45, 2.75) is 13.1 Å². The zero-order chi connectivity index (χ0) is 17.3. The van der Waals surface area contributed by atoms with E-state index in [0.717, 1.165) is 6.07 Å². The van der Waals surface area contributed by atoms with Crippen LogP contribution in [-0.4, -0.2) is 29.7 Å². The highest BCUT2D eigenvalue weighted by Gasteiger charge is 2.35. The van der Waals surface area contributed by atoms with Crippen molar-refractivity contribution in [3.8, 4) is 5.75 Å². The van der Waals surface area contributed by atoms with Crippen molar-refractivity contribution in [1.29, 1.82) is 0 Å². The molecule has 0 saturated carbocycles. The molecule has 1 aromatic heterocycles. The molecule has 3 rings (SSSR count). The van der Waals surface area contributed by atoms with E-state index in [1.807, 2.05) is 0 Å². The second-order valence-corrected chi connectivity index (χ2v) is 5.71. The minimum atomic E-state index is -4.45. The second-order valence-electron chi connectivity index (χ2n) is 5.71. The maximum atomic E-state index is 13.3. The SMILES string of the molecule is Cc1cc(F)nc(N2CC(COc3ccccc3C(F)(F)F)C2)n1. The molecule has 128 valence electrons. The summed E-state index contributed by atoms with van der Waals surface area (Å²) in [4.78, 5) is 9.62. The number of halogens is 4. The Morgan fingerprint density at radius 1 is 1.21 bits per heavy atom. The van der Waals surface area contributed by atoms with Gasteiger partial charge in [0.25, 0.3) is 0 Å². The molecule has 8 heteroatoms. The van der Waals surface area contributed by atoms with Crippen molar-refractivity contribution in [1.82, 2.24) is 9.97 Å². The topological polar surface area (TPSA) is 38.2 Å². The lowest BCUT2D eigenvalue weighted by Gasteiger charge is -2.39. The summed E-state index contributed by atoms with van der Waals surface area (Å²) in [6, 6.07) is 6.35. The van der Waals surface area contributed by atoms with Crippen molar-refractivity contribution >= 4 is 5.95 Å². The number of ether oxygens (including phenoxy) is 1. The van der Waals surface area contributed by atoms with E-state index < -0.39 is 17.7 Å². The van der Waals surface area contributed by atoms with Gasteiger partial charge < -0.3 is 9.64 Å². The molecule has 2 heterocycles. The van der Waals surface area contributed by atoms with E-state index in [1.54, 1.807) is 11.8 Å². The Hall–Kier alpha value is -2.38. The third-order valence-electron chi connectivity index (χ3n) is 3.72. The second kappa shape index (κ2) is 6.26. The fourth-order valence-electron chi connectivity index (χ4n) is 2.53. The van der Waals surface area contributed by atoms with Gasteiger partial charge >= 0.3 is 6.18 Å². The zero-order valence-electron chi connectivity index (χ0n) is 12.8. The monoisotopic (exact) mass is 341 g/mol. The quantitative estimate of drug-likeness (QED) is 0.631. The minimum Gasteiger partial charge on any atom is -0.493 e. The number of hydrogen-bond donors (Lipinski definition) is 0. The average Bonchev–Trinajstić information content (AvgIpc) is 2.44. The van der Waals surface area contributed by atoms with Crippen molar-refractivity contribution in [3.63, 3.8) is 0 Å². The van der Waals surface area contributed by atoms with Crippen LogP contribution in [0.3, 0.4) is 0 Å². The third kappa shape index (κ3) is 3.58. The Labute approximate surface area is 136 Å². The van der Waals surface area contributed by atoms with Crippen molar-refractivity contribution < 1.29 is 22.3 Å². The molecule has 1 aliphatic rings. The number of rotatable bonds is 4. The first-order valence-corrected chi connectivity index (χ1v) is 7.38. The Bertz CT molecular complexity index is 709. The first-order chi connectivity index (χ1) is 11.3. The molecule has 0 radical (unpaired) electrons. The number of anilines is 1. The maximum Gasteiger partial charge on any atom is 0.419 e. The van der Waals surface area contributed by atoms with Crippen LogP contribution >= 0.6 is 0 Å². The Morgan fingerprint density at radius 3 is 2.58 bits per heavy atom. The van der Waals surface area contributed by atoms with Gasteiger partial charge in [0.2, 0.25) is 11.9 Å². The molecule has 4 nitrogen and oxygen atoms in total. The van der Waals surface area contributed by atoms with Gasteiger partial charge in [0.15, 0.2) is 0 Å². The molecule has 0 spiro atoms. The minimum absolute atomic E-state index is 0.0402. The fourth-order valence-corrected chi connectivity index (χ4v) is 2.53. The summed E-state index contributed by atoms with van der Waals surface area (Å²) in [6.07, 6.45) is -4.45. The summed E-state index contributed by atoms with van der Waals surface area (Å²) >= 11 is 0. The van der Waals surface area contributed by atoms with Crippen LogP contribution in [0.4, 0.5) is 23.5 Å². The van der Waals surface area contributed by atoms with Gasteiger partial charge in [-0.1, -0.05) is 12.1 Å². The summed E-state index contributed by atoms with van der Waals surface area (Å²) in [5.74, 6) is -0.449. The molecule has 2 aromatic rings. The van der Waals surface area contributed by atoms with Gasteiger partial charge in [0.1, 0.15) is 5.75 Å². The number of aryl methyl sites for hydroxylation is 1. The lowest BCUT2D eigenvalue weighted by atomic mass is 10.0. The lowest BCUT2D eigenvalue weighted by molar-refractivity contribution is -0.139. The molecule has 0 unspecified atom stereocenters. The molecule has 0 aliphatic carbocycles. The van der Waals surface area contributed by atoms with E-state index in [2.05, 4.69) is 9.97 Å². The number of nitrogens with zero attached hydrogens (tertiary/aromatic N) is 3. The van der Waals surface area contributed by atoms with Gasteiger partial charge in [0.05, 0.1) is 12.2 Å². The maximum absolute atomic E-state index is 13.3. The van der Waals surface area contributed by atoms with E-state index in [0.29, 0.717) is 24.7 Å². The molecule has 0 amide bonds. The number of alkyl halides is 3. The molecule has 1 aromatic carbocycles. The summed E-state index contributed by atoms with van der Waals surface area (Å²) in [5, 5.41) is 0. The average molecular weight is 341 g/mol. The normalized spacial score (nSPS) is 15.3. The van der Waals surface area contributed by atoms with Gasteiger partial charge in [-0.15, -0.1) is 0 Å². The molecule has 1 saturated heterocycles. The fraction of sp³-hybridized carbons (Fsp3) is 0.375. The smallest absolute Gasteiger partial charge is 0.419 e. The lowest BCUT2D eigenvalue weighted by Crippen LogP contribution is -2.50. The van der Waals surface area contributed by atoms with E-state index in [9.17, 15) is 17.6 Å². The molecular formula is C16H15F4N3O. The largest absolute Gasteiger partial charge is 0.493 e. The van der Waals surface area contributed by atoms with E-state index in [1.165, 1.54) is 24.3 Å². The Kier molecular flexibility index (Phi) is 4.29. The molecule has 1 aliphatic heterocycles. The van der Waals surface area contributed by atoms with Crippen molar-refractivity contribution in [2.24, 2.45) is 5.92 Å². The van der Waals surface area contributed by atoms with Gasteiger partial charge in [-0.05, 0) is 19.1 Å². The van der Waals surface area contributed by atoms with Crippen LogP contribution in [0.2, 0.25) is 0 Å². The summed E-state index contributed by atoms with van der Waals surface area (Å²) in [7, 11) is 0. The number of para-hydroxylation sites is 1. The Balaban J connectivity index is 1.57. The van der Waals surface area contributed by atoms with Crippen LogP contribution in [0.5, 0.6) is 5.75 Å². The highest BCUT2D eigenvalue weighted by molar-refractivity contribution is 5.37. The van der Waals surface area contributed by atoms with Crippen molar-refractivity contribution in [3.05, 3.63) is 47.5 Å². The molecular weight excluding hydrogens is 326 g/mol. The van der Waals surface area contributed by atoms with Crippen LogP contribution in [0.1, 0.15) is 11.3 Å². The Morgan fingerprint density at radius 2 is 1.92 bits per heavy atom. The zero-order valence-corrected chi connectivity index (χ0v) is 12.8. The third-order valence-corrected chi connectivity index (χ3v) is 3.72. The first-order valence-electron chi connectivity index (χ1n) is 7.38. The van der Waals surface area contributed by atoms with Crippen LogP contribution in [0, 0.1) is 18.8 Å². The van der Waals surface area contributed by atoms with Gasteiger partial charge in [-0.2, -0.15) is 22.5 Å². The van der Waals surface area contributed by atoms with E-state index in [4.69, 9.17) is 4.74 Å². The number of hydrogen-bond acceptors (Lipinski definition) is 4. The molecule has 0 N–H and O–H groups in total. The predicted octanol–water partition coefficient (Wildman–Crippen LogP) is 3.46. The first kappa shape index (κ1) is 16.5. The van der Waals surface area contributed by atoms with Gasteiger partial charge in [0, 0.05) is 30.8 Å². The van der Waals surface area contributed by atoms with Crippen molar-refractivity contribution in [2.75, 3.05) is 24.6 Å². The highest BCUT2D eigenvalue weighted by atomic mass is 19.4. The summed E-state index contributed by atoms with van der Waals surface area (Å²) < 4.78 is 57.3. The van der Waals surface area contributed by atoms with Gasteiger partial charge in [-0.3, -0.25) is 0 Å². The van der Waals surface area contributed by atoms with Crippen LogP contribution < -0.4 is 9.64 Å². The predicted molar refractivity (Wildman–Crippen MR) is 79.4 cm³/mol. The van der Waals surface area contributed by atoms with Crippen LogP contribution in [0.15, 0.2) is 30.3 Å². The molecule has 0 bridgehead atoms. The number of benzene rings is 1. The highest BCUT2D eigenvalue weighted by Crippen LogP contribution is 2.36. The molecule has 24 heavy (non-hydrogen) atoms. The number of aromatic nitrogens is 2. The summed E-state index contributed by atoms with van der Waals surface area (Å²) in [6.45, 7) is 2.84. The standard InChI is InChI=1S/C16H15F4N3O/c1-10-6-14(17)22-15(21-10)23-7-11(8-23)9-24-13-5-3-2-4-12(13)16(18,19)20/h2-6,11H,7-9H2,1H3. The molecule has 0 atom stereocenters. The molecule has 1 fully saturated rings. The van der Waals surface area contributed by atoms with Crippen LogP contribution in [-0.2, 0) is 6.18 Å². The summed E-state index contributed by atoms with van der Waals surface area (Å²) in [5.41, 5.74) is -0.262. The van der Waals surface area contributed by atoms with E-state index >= 15 is 0 Å².